The lowest BCUT2D eigenvalue weighted by molar-refractivity contribution is 0.0780. The van der Waals surface area contributed by atoms with Crippen LogP contribution in [0.25, 0.3) is 0 Å². The highest BCUT2D eigenvalue weighted by Crippen LogP contribution is 2.35. The van der Waals surface area contributed by atoms with Crippen LogP contribution >= 0.6 is 23.2 Å². The van der Waals surface area contributed by atoms with Crippen LogP contribution in [0.4, 0.5) is 0 Å². The Morgan fingerprint density at radius 1 is 0.838 bits per heavy atom. The molecule has 0 bridgehead atoms. The predicted octanol–water partition coefficient (Wildman–Crippen LogP) is 7.58. The van der Waals surface area contributed by atoms with E-state index in [4.69, 9.17) is 23.2 Å². The standard InChI is InChI=1S/C32H36Cl2N2O/c33-30-15-14-27(20-31(30)34)32(37)36-22-28(29(23-36)26-12-5-2-6-13-26)21-35-18-16-25(17-19-35)11-7-10-24-8-3-1-4-9-24/h1-6,8-9,12-15,20,25,28-29H,7,10-11,16-19,21-23H2. The van der Waals surface area contributed by atoms with Crippen LogP contribution in [0.2, 0.25) is 10.0 Å². The maximum atomic E-state index is 13.4. The topological polar surface area (TPSA) is 23.6 Å². The Bertz CT molecular complexity index is 1160. The number of halogens is 2. The van der Waals surface area contributed by atoms with E-state index in [0.29, 0.717) is 27.4 Å². The van der Waals surface area contributed by atoms with Crippen LogP contribution in [0, 0.1) is 11.8 Å². The number of carbonyl (C=O) groups excluding carboxylic acids is 1. The molecule has 0 spiro atoms. The van der Waals surface area contributed by atoms with Crippen LogP contribution < -0.4 is 0 Å². The zero-order valence-electron chi connectivity index (χ0n) is 21.4. The summed E-state index contributed by atoms with van der Waals surface area (Å²) in [5.41, 5.74) is 3.39. The normalized spacial score (nSPS) is 20.9. The van der Waals surface area contributed by atoms with E-state index >= 15 is 0 Å². The molecule has 2 unspecified atom stereocenters. The number of nitrogens with zero attached hydrogens (tertiary/aromatic N) is 2. The summed E-state index contributed by atoms with van der Waals surface area (Å²) in [6.07, 6.45) is 6.35. The summed E-state index contributed by atoms with van der Waals surface area (Å²) in [6.45, 7) is 4.88. The molecule has 2 aliphatic rings. The zero-order chi connectivity index (χ0) is 25.6. The van der Waals surface area contributed by atoms with Crippen molar-refractivity contribution in [3.8, 4) is 0 Å². The molecule has 2 heterocycles. The summed E-state index contributed by atoms with van der Waals surface area (Å²) in [6, 6.07) is 26.7. The van der Waals surface area contributed by atoms with Gasteiger partial charge < -0.3 is 9.80 Å². The maximum absolute atomic E-state index is 13.4. The van der Waals surface area contributed by atoms with Gasteiger partial charge in [-0.05, 0) is 79.9 Å². The Kier molecular flexibility index (Phi) is 8.86. The average molecular weight is 536 g/mol. The molecule has 0 radical (unpaired) electrons. The summed E-state index contributed by atoms with van der Waals surface area (Å²) >= 11 is 12.3. The van der Waals surface area contributed by atoms with Gasteiger partial charge in [-0.2, -0.15) is 0 Å². The van der Waals surface area contributed by atoms with Gasteiger partial charge in [0, 0.05) is 31.1 Å². The van der Waals surface area contributed by atoms with E-state index in [1.165, 1.54) is 43.2 Å². The molecule has 0 aromatic heterocycles. The van der Waals surface area contributed by atoms with Gasteiger partial charge in [0.1, 0.15) is 0 Å². The molecule has 5 rings (SSSR count). The lowest BCUT2D eigenvalue weighted by Gasteiger charge is -2.34. The van der Waals surface area contributed by atoms with E-state index in [0.717, 1.165) is 38.6 Å². The van der Waals surface area contributed by atoms with Crippen molar-refractivity contribution in [2.24, 2.45) is 11.8 Å². The quantitative estimate of drug-likeness (QED) is 0.297. The second-order valence-corrected chi connectivity index (χ2v) is 11.6. The Morgan fingerprint density at radius 3 is 2.24 bits per heavy atom. The third kappa shape index (κ3) is 6.76. The van der Waals surface area contributed by atoms with Crippen molar-refractivity contribution in [1.29, 1.82) is 0 Å². The third-order valence-electron chi connectivity index (χ3n) is 8.24. The predicted molar refractivity (Wildman–Crippen MR) is 154 cm³/mol. The molecule has 2 fully saturated rings. The molecule has 2 saturated heterocycles. The van der Waals surface area contributed by atoms with Crippen molar-refractivity contribution < 1.29 is 4.79 Å². The van der Waals surface area contributed by atoms with Gasteiger partial charge in [-0.1, -0.05) is 90.3 Å². The van der Waals surface area contributed by atoms with Crippen LogP contribution in [0.3, 0.4) is 0 Å². The first-order valence-corrected chi connectivity index (χ1v) is 14.4. The number of benzene rings is 3. The van der Waals surface area contributed by atoms with Gasteiger partial charge in [-0.25, -0.2) is 0 Å². The number of hydrogen-bond acceptors (Lipinski definition) is 2. The van der Waals surface area contributed by atoms with Crippen molar-refractivity contribution in [2.75, 3.05) is 32.7 Å². The SMILES string of the molecule is O=C(c1ccc(Cl)c(Cl)c1)N1CC(CN2CCC(CCCc3ccccc3)CC2)C(c2ccccc2)C1. The molecule has 2 atom stereocenters. The molecule has 1 amide bonds. The Hall–Kier alpha value is -2.33. The molecule has 3 aromatic carbocycles. The number of hydrogen-bond donors (Lipinski definition) is 0. The molecule has 2 aliphatic heterocycles. The number of carbonyl (C=O) groups is 1. The van der Waals surface area contributed by atoms with Crippen LogP contribution in [-0.2, 0) is 6.42 Å². The maximum Gasteiger partial charge on any atom is 0.253 e. The molecule has 37 heavy (non-hydrogen) atoms. The highest BCUT2D eigenvalue weighted by atomic mass is 35.5. The van der Waals surface area contributed by atoms with Gasteiger partial charge in [0.2, 0.25) is 0 Å². The molecule has 0 saturated carbocycles. The fraction of sp³-hybridized carbons (Fsp3) is 0.406. The highest BCUT2D eigenvalue weighted by Gasteiger charge is 2.37. The first-order chi connectivity index (χ1) is 18.1. The van der Waals surface area contributed by atoms with Gasteiger partial charge in [0.25, 0.3) is 5.91 Å². The van der Waals surface area contributed by atoms with Crippen molar-refractivity contribution >= 4 is 29.1 Å². The zero-order valence-corrected chi connectivity index (χ0v) is 22.9. The molecule has 5 heteroatoms. The van der Waals surface area contributed by atoms with Crippen LogP contribution in [0.1, 0.15) is 53.1 Å². The second kappa shape index (κ2) is 12.5. The monoisotopic (exact) mass is 534 g/mol. The Labute approximate surface area is 231 Å². The van der Waals surface area contributed by atoms with E-state index in [-0.39, 0.29) is 5.91 Å². The number of likely N-dealkylation sites (tertiary alicyclic amines) is 2. The summed E-state index contributed by atoms with van der Waals surface area (Å²) in [5, 5.41) is 0.901. The summed E-state index contributed by atoms with van der Waals surface area (Å²) in [7, 11) is 0. The number of piperidine rings is 1. The van der Waals surface area contributed by atoms with Crippen molar-refractivity contribution in [2.45, 2.75) is 38.0 Å². The minimum atomic E-state index is 0.0409. The lowest BCUT2D eigenvalue weighted by Crippen LogP contribution is -2.39. The third-order valence-corrected chi connectivity index (χ3v) is 8.98. The fourth-order valence-electron chi connectivity index (χ4n) is 6.14. The van der Waals surface area contributed by atoms with Crippen LogP contribution in [0.5, 0.6) is 0 Å². The molecular weight excluding hydrogens is 499 g/mol. The number of aryl methyl sites for hydroxylation is 1. The molecule has 0 aliphatic carbocycles. The number of amides is 1. The summed E-state index contributed by atoms with van der Waals surface area (Å²) in [5.74, 6) is 1.64. The second-order valence-electron chi connectivity index (χ2n) is 10.7. The minimum Gasteiger partial charge on any atom is -0.338 e. The van der Waals surface area contributed by atoms with E-state index in [9.17, 15) is 4.79 Å². The van der Waals surface area contributed by atoms with Gasteiger partial charge in [0.15, 0.2) is 0 Å². The lowest BCUT2D eigenvalue weighted by atomic mass is 9.87. The average Bonchev–Trinajstić information content (AvgIpc) is 3.35. The Morgan fingerprint density at radius 2 is 1.54 bits per heavy atom. The number of rotatable bonds is 8. The molecule has 0 N–H and O–H groups in total. The van der Waals surface area contributed by atoms with E-state index in [2.05, 4.69) is 65.6 Å². The highest BCUT2D eigenvalue weighted by molar-refractivity contribution is 6.42. The van der Waals surface area contributed by atoms with Gasteiger partial charge >= 0.3 is 0 Å². The van der Waals surface area contributed by atoms with Gasteiger partial charge in [-0.15, -0.1) is 0 Å². The van der Waals surface area contributed by atoms with Crippen molar-refractivity contribution in [1.82, 2.24) is 9.80 Å². The van der Waals surface area contributed by atoms with Crippen LogP contribution in [-0.4, -0.2) is 48.4 Å². The van der Waals surface area contributed by atoms with Gasteiger partial charge in [-0.3, -0.25) is 4.79 Å². The Balaban J connectivity index is 1.18. The van der Waals surface area contributed by atoms with E-state index < -0.39 is 0 Å². The summed E-state index contributed by atoms with van der Waals surface area (Å²) in [4.78, 5) is 18.0. The largest absolute Gasteiger partial charge is 0.338 e. The van der Waals surface area contributed by atoms with Crippen molar-refractivity contribution in [3.05, 3.63) is 106 Å². The molecular formula is C32H36Cl2N2O. The molecule has 3 nitrogen and oxygen atoms in total. The van der Waals surface area contributed by atoms with E-state index in [1.54, 1.807) is 18.2 Å². The molecule has 3 aromatic rings. The fourth-order valence-corrected chi connectivity index (χ4v) is 6.44. The first-order valence-electron chi connectivity index (χ1n) is 13.6. The smallest absolute Gasteiger partial charge is 0.253 e. The summed E-state index contributed by atoms with van der Waals surface area (Å²) < 4.78 is 0. The van der Waals surface area contributed by atoms with Crippen LogP contribution in [0.15, 0.2) is 78.9 Å². The minimum absolute atomic E-state index is 0.0409. The van der Waals surface area contributed by atoms with Crippen molar-refractivity contribution in [3.63, 3.8) is 0 Å². The molecule has 194 valence electrons. The van der Waals surface area contributed by atoms with E-state index in [1.807, 2.05) is 4.90 Å². The van der Waals surface area contributed by atoms with Gasteiger partial charge in [0.05, 0.1) is 10.0 Å². The first kappa shape index (κ1) is 26.3.